The lowest BCUT2D eigenvalue weighted by atomic mass is 9.92. The summed E-state index contributed by atoms with van der Waals surface area (Å²) in [5.41, 5.74) is 0.540. The van der Waals surface area contributed by atoms with E-state index in [-0.39, 0.29) is 18.4 Å². The van der Waals surface area contributed by atoms with Gasteiger partial charge in [0.05, 0.1) is 0 Å². The predicted molar refractivity (Wildman–Crippen MR) is 44.6 cm³/mol. The number of amides is 2. The Bertz CT molecular complexity index is 306. The molecule has 0 bridgehead atoms. The summed E-state index contributed by atoms with van der Waals surface area (Å²) in [5, 5.41) is 22.9. The first-order chi connectivity index (χ1) is 6.58. The van der Waals surface area contributed by atoms with E-state index in [2.05, 4.69) is 10.6 Å². The molecule has 6 nitrogen and oxygen atoms in total. The Morgan fingerprint density at radius 2 is 1.43 bits per heavy atom. The standard InChI is InChI=1S/C8H10N2O4/c11-4-1-3-2-5(12)10-8(14)6(3)7(13)9-4/h4-5,11-12H,1-2H2,(H,9,13)(H,10,14). The molecule has 76 valence electrons. The van der Waals surface area contributed by atoms with Gasteiger partial charge in [0.2, 0.25) is 0 Å². The molecule has 14 heavy (non-hydrogen) atoms. The predicted octanol–water partition coefficient (Wildman–Crippen LogP) is -2.04. The van der Waals surface area contributed by atoms with E-state index in [0.717, 1.165) is 0 Å². The van der Waals surface area contributed by atoms with Crippen LogP contribution < -0.4 is 10.6 Å². The fraction of sp³-hybridized carbons (Fsp3) is 0.500. The summed E-state index contributed by atoms with van der Waals surface area (Å²) in [5.74, 6) is -1.16. The van der Waals surface area contributed by atoms with Gasteiger partial charge < -0.3 is 20.8 Å². The second-order valence-electron chi connectivity index (χ2n) is 3.37. The van der Waals surface area contributed by atoms with Crippen LogP contribution in [-0.4, -0.2) is 34.5 Å². The molecular formula is C8H10N2O4. The van der Waals surface area contributed by atoms with Crippen molar-refractivity contribution in [3.05, 3.63) is 11.1 Å². The quantitative estimate of drug-likeness (QED) is 0.337. The van der Waals surface area contributed by atoms with Gasteiger partial charge in [-0.05, 0) is 5.57 Å². The Labute approximate surface area is 79.6 Å². The first kappa shape index (κ1) is 9.17. The van der Waals surface area contributed by atoms with Gasteiger partial charge in [0.1, 0.15) is 18.0 Å². The van der Waals surface area contributed by atoms with Gasteiger partial charge in [-0.1, -0.05) is 0 Å². The Balaban J connectivity index is 2.37. The minimum atomic E-state index is -0.959. The van der Waals surface area contributed by atoms with E-state index in [4.69, 9.17) is 0 Å². The van der Waals surface area contributed by atoms with Crippen molar-refractivity contribution in [3.8, 4) is 0 Å². The minimum Gasteiger partial charge on any atom is -0.373 e. The van der Waals surface area contributed by atoms with Gasteiger partial charge in [-0.25, -0.2) is 0 Å². The maximum atomic E-state index is 11.3. The van der Waals surface area contributed by atoms with Crippen LogP contribution in [0, 0.1) is 0 Å². The molecule has 2 amide bonds. The minimum absolute atomic E-state index is 0.0283. The monoisotopic (exact) mass is 198 g/mol. The molecule has 2 aliphatic rings. The maximum absolute atomic E-state index is 11.3. The van der Waals surface area contributed by atoms with Gasteiger partial charge in [0, 0.05) is 12.8 Å². The zero-order valence-corrected chi connectivity index (χ0v) is 7.28. The molecule has 2 heterocycles. The highest BCUT2D eigenvalue weighted by Gasteiger charge is 2.35. The van der Waals surface area contributed by atoms with Crippen molar-refractivity contribution in [3.63, 3.8) is 0 Å². The number of hydrogen-bond acceptors (Lipinski definition) is 4. The number of aliphatic hydroxyl groups is 2. The average molecular weight is 198 g/mol. The lowest BCUT2D eigenvalue weighted by Gasteiger charge is -2.29. The van der Waals surface area contributed by atoms with E-state index < -0.39 is 24.3 Å². The van der Waals surface area contributed by atoms with Crippen molar-refractivity contribution in [2.24, 2.45) is 0 Å². The van der Waals surface area contributed by atoms with Gasteiger partial charge in [-0.2, -0.15) is 0 Å². The SMILES string of the molecule is O=C1NC(O)CC2=C1C(=O)NC(O)C2. The molecule has 0 spiro atoms. The Morgan fingerprint density at radius 3 is 1.86 bits per heavy atom. The molecule has 2 rings (SSSR count). The van der Waals surface area contributed by atoms with Crippen molar-refractivity contribution in [2.45, 2.75) is 25.3 Å². The second kappa shape index (κ2) is 3.07. The topological polar surface area (TPSA) is 98.7 Å². The Kier molecular flexibility index (Phi) is 2.01. The third-order valence-corrected chi connectivity index (χ3v) is 2.28. The van der Waals surface area contributed by atoms with Gasteiger partial charge in [0.25, 0.3) is 11.8 Å². The molecule has 2 aliphatic heterocycles. The molecule has 0 fully saturated rings. The molecule has 0 saturated heterocycles. The van der Waals surface area contributed by atoms with Crippen LogP contribution in [0.25, 0.3) is 0 Å². The fourth-order valence-electron chi connectivity index (χ4n) is 1.73. The van der Waals surface area contributed by atoms with Crippen molar-refractivity contribution < 1.29 is 19.8 Å². The second-order valence-corrected chi connectivity index (χ2v) is 3.37. The summed E-state index contributed by atoms with van der Waals surface area (Å²) in [6.07, 6.45) is -1.52. The molecule has 2 unspecified atom stereocenters. The maximum Gasteiger partial charge on any atom is 0.258 e. The number of nitrogens with one attached hydrogen (secondary N) is 2. The summed E-state index contributed by atoms with van der Waals surface area (Å²) >= 11 is 0. The normalized spacial score (nSPS) is 32.1. The molecule has 0 saturated carbocycles. The van der Waals surface area contributed by atoms with Crippen LogP contribution >= 0.6 is 0 Å². The summed E-state index contributed by atoms with van der Waals surface area (Å²) in [4.78, 5) is 22.6. The van der Waals surface area contributed by atoms with E-state index in [1.807, 2.05) is 0 Å². The van der Waals surface area contributed by atoms with Crippen LogP contribution in [0.4, 0.5) is 0 Å². The van der Waals surface area contributed by atoms with Crippen LogP contribution in [0.5, 0.6) is 0 Å². The van der Waals surface area contributed by atoms with E-state index in [1.54, 1.807) is 0 Å². The van der Waals surface area contributed by atoms with Crippen LogP contribution in [-0.2, 0) is 9.59 Å². The number of carbonyl (C=O) groups is 2. The molecular weight excluding hydrogens is 188 g/mol. The van der Waals surface area contributed by atoms with Gasteiger partial charge >= 0.3 is 0 Å². The molecule has 0 radical (unpaired) electrons. The van der Waals surface area contributed by atoms with Crippen molar-refractivity contribution in [1.82, 2.24) is 10.6 Å². The first-order valence-electron chi connectivity index (χ1n) is 4.28. The summed E-state index contributed by atoms with van der Waals surface area (Å²) in [6, 6.07) is 0. The smallest absolute Gasteiger partial charge is 0.258 e. The Morgan fingerprint density at radius 1 is 1.00 bits per heavy atom. The van der Waals surface area contributed by atoms with E-state index in [1.165, 1.54) is 0 Å². The van der Waals surface area contributed by atoms with Crippen LogP contribution in [0.2, 0.25) is 0 Å². The molecule has 0 aliphatic carbocycles. The first-order valence-corrected chi connectivity index (χ1v) is 4.28. The highest BCUT2D eigenvalue weighted by molar-refractivity contribution is 6.20. The van der Waals surface area contributed by atoms with Gasteiger partial charge in [0.15, 0.2) is 0 Å². The number of hydrogen-bond donors (Lipinski definition) is 4. The zero-order valence-electron chi connectivity index (χ0n) is 7.28. The van der Waals surface area contributed by atoms with Crippen molar-refractivity contribution in [2.75, 3.05) is 0 Å². The number of carbonyl (C=O) groups excluding carboxylic acids is 2. The molecule has 4 N–H and O–H groups in total. The molecule has 2 atom stereocenters. The van der Waals surface area contributed by atoms with E-state index in [9.17, 15) is 19.8 Å². The third kappa shape index (κ3) is 1.38. The highest BCUT2D eigenvalue weighted by atomic mass is 16.3. The molecule has 6 heteroatoms. The molecule has 0 aromatic heterocycles. The highest BCUT2D eigenvalue weighted by Crippen LogP contribution is 2.24. The largest absolute Gasteiger partial charge is 0.373 e. The Hall–Kier alpha value is -1.40. The molecule has 0 aromatic rings. The van der Waals surface area contributed by atoms with Crippen LogP contribution in [0.3, 0.4) is 0 Å². The lowest BCUT2D eigenvalue weighted by Crippen LogP contribution is -2.50. The van der Waals surface area contributed by atoms with Gasteiger partial charge in [-0.15, -0.1) is 0 Å². The number of aliphatic hydroxyl groups excluding tert-OH is 2. The summed E-state index contributed by atoms with van der Waals surface area (Å²) in [7, 11) is 0. The average Bonchev–Trinajstić information content (AvgIpc) is 1.99. The zero-order chi connectivity index (χ0) is 10.3. The fourth-order valence-corrected chi connectivity index (χ4v) is 1.73. The molecule has 0 aromatic carbocycles. The van der Waals surface area contributed by atoms with Crippen LogP contribution in [0.1, 0.15) is 12.8 Å². The van der Waals surface area contributed by atoms with E-state index in [0.29, 0.717) is 5.57 Å². The van der Waals surface area contributed by atoms with Crippen LogP contribution in [0.15, 0.2) is 11.1 Å². The van der Waals surface area contributed by atoms with Crippen molar-refractivity contribution >= 4 is 11.8 Å². The lowest BCUT2D eigenvalue weighted by molar-refractivity contribution is -0.128. The number of rotatable bonds is 0. The van der Waals surface area contributed by atoms with Gasteiger partial charge in [-0.3, -0.25) is 9.59 Å². The third-order valence-electron chi connectivity index (χ3n) is 2.28. The van der Waals surface area contributed by atoms with Crippen molar-refractivity contribution in [1.29, 1.82) is 0 Å². The van der Waals surface area contributed by atoms with E-state index >= 15 is 0 Å². The summed E-state index contributed by atoms with van der Waals surface area (Å²) < 4.78 is 0. The summed E-state index contributed by atoms with van der Waals surface area (Å²) in [6.45, 7) is 0.